The lowest BCUT2D eigenvalue weighted by Gasteiger charge is -2.42. The fraction of sp³-hybridized carbons (Fsp3) is 0.520. The van der Waals surface area contributed by atoms with Gasteiger partial charge in [0, 0.05) is 6.07 Å². The molecular weight excluding hydrogens is 338 g/mol. The Morgan fingerprint density at radius 1 is 0.778 bits per heavy atom. The quantitative estimate of drug-likeness (QED) is 0.518. The maximum atomic E-state index is 13.5. The first-order valence-corrected chi connectivity index (χ1v) is 10.7. The standard InChI is InChI=1S/C25H30F2/c1-2-3-17-4-5-22-13-21(11-10-20(22)12-17)18-6-8-19(9-7-18)23-14-24(26)16-25(27)15-23/h6-9,14-17,20-22H,2-5,10-13H2,1H3/t17?,20-,21-,22-/m1/s1. The largest absolute Gasteiger partial charge is 0.207 e. The molecule has 2 aliphatic carbocycles. The van der Waals surface area contributed by atoms with Gasteiger partial charge in [0.15, 0.2) is 0 Å². The van der Waals surface area contributed by atoms with E-state index in [-0.39, 0.29) is 0 Å². The number of hydrogen-bond acceptors (Lipinski definition) is 0. The highest BCUT2D eigenvalue weighted by Crippen LogP contribution is 2.48. The second-order valence-corrected chi connectivity index (χ2v) is 8.78. The molecule has 0 amide bonds. The Hall–Kier alpha value is -1.70. The van der Waals surface area contributed by atoms with Crippen molar-refractivity contribution in [1.82, 2.24) is 0 Å². The summed E-state index contributed by atoms with van der Waals surface area (Å²) in [5.41, 5.74) is 2.88. The molecule has 0 radical (unpaired) electrons. The van der Waals surface area contributed by atoms with E-state index in [0.717, 1.165) is 29.4 Å². The Balaban J connectivity index is 1.43. The molecule has 0 nitrogen and oxygen atoms in total. The summed E-state index contributed by atoms with van der Waals surface area (Å²) in [7, 11) is 0. The van der Waals surface area contributed by atoms with Crippen LogP contribution in [-0.4, -0.2) is 0 Å². The van der Waals surface area contributed by atoms with Crippen molar-refractivity contribution < 1.29 is 8.78 Å². The molecule has 0 bridgehead atoms. The summed E-state index contributed by atoms with van der Waals surface area (Å²) in [6.45, 7) is 2.31. The highest BCUT2D eigenvalue weighted by Gasteiger charge is 2.35. The molecule has 0 heterocycles. The van der Waals surface area contributed by atoms with E-state index in [9.17, 15) is 8.78 Å². The van der Waals surface area contributed by atoms with E-state index in [2.05, 4.69) is 19.1 Å². The predicted molar refractivity (Wildman–Crippen MR) is 108 cm³/mol. The molecule has 4 atom stereocenters. The molecular formula is C25H30F2. The number of hydrogen-bond donors (Lipinski definition) is 0. The van der Waals surface area contributed by atoms with Crippen molar-refractivity contribution in [2.24, 2.45) is 17.8 Å². The summed E-state index contributed by atoms with van der Waals surface area (Å²) in [5, 5.41) is 0. The SMILES string of the molecule is CCCC1CC[C@@H]2C[C@H](c3ccc(-c4cc(F)cc(F)c4)cc3)CC[C@@H]2C1. The first-order valence-electron chi connectivity index (χ1n) is 10.7. The average Bonchev–Trinajstić information content (AvgIpc) is 2.67. The van der Waals surface area contributed by atoms with Crippen LogP contribution in [0.4, 0.5) is 8.78 Å². The van der Waals surface area contributed by atoms with Crippen molar-refractivity contribution in [3.8, 4) is 11.1 Å². The molecule has 0 spiro atoms. The third kappa shape index (κ3) is 4.25. The van der Waals surface area contributed by atoms with Crippen molar-refractivity contribution in [3.63, 3.8) is 0 Å². The molecule has 0 aromatic heterocycles. The van der Waals surface area contributed by atoms with E-state index in [1.165, 1.54) is 69.1 Å². The van der Waals surface area contributed by atoms with Gasteiger partial charge in [-0.1, -0.05) is 50.5 Å². The summed E-state index contributed by atoms with van der Waals surface area (Å²) in [5.74, 6) is 2.41. The van der Waals surface area contributed by atoms with Gasteiger partial charge >= 0.3 is 0 Å². The summed E-state index contributed by atoms with van der Waals surface area (Å²) < 4.78 is 27.0. The molecule has 0 saturated heterocycles. The molecule has 2 fully saturated rings. The van der Waals surface area contributed by atoms with Crippen LogP contribution in [-0.2, 0) is 0 Å². The highest BCUT2D eigenvalue weighted by molar-refractivity contribution is 5.63. The molecule has 2 heteroatoms. The van der Waals surface area contributed by atoms with E-state index in [0.29, 0.717) is 11.5 Å². The fourth-order valence-electron chi connectivity index (χ4n) is 5.63. The van der Waals surface area contributed by atoms with Gasteiger partial charge in [-0.05, 0) is 84.6 Å². The molecule has 2 aliphatic rings. The van der Waals surface area contributed by atoms with Crippen LogP contribution >= 0.6 is 0 Å². The summed E-state index contributed by atoms with van der Waals surface area (Å²) in [6.07, 6.45) is 11.0. The molecule has 2 saturated carbocycles. The Bertz CT molecular complexity index is 744. The normalized spacial score (nSPS) is 28.0. The van der Waals surface area contributed by atoms with Gasteiger partial charge in [-0.3, -0.25) is 0 Å². The van der Waals surface area contributed by atoms with E-state index in [4.69, 9.17) is 0 Å². The minimum absolute atomic E-state index is 0.522. The minimum atomic E-state index is -0.522. The molecule has 0 N–H and O–H groups in total. The topological polar surface area (TPSA) is 0 Å². The molecule has 1 unspecified atom stereocenters. The molecule has 144 valence electrons. The number of rotatable bonds is 4. The van der Waals surface area contributed by atoms with Gasteiger partial charge in [0.05, 0.1) is 0 Å². The van der Waals surface area contributed by atoms with Crippen LogP contribution < -0.4 is 0 Å². The third-order valence-corrected chi connectivity index (χ3v) is 7.00. The van der Waals surface area contributed by atoms with E-state index in [1.54, 1.807) is 0 Å². The Labute approximate surface area is 162 Å². The van der Waals surface area contributed by atoms with Gasteiger partial charge in [0.2, 0.25) is 0 Å². The zero-order chi connectivity index (χ0) is 18.8. The van der Waals surface area contributed by atoms with Crippen LogP contribution in [0.3, 0.4) is 0 Å². The summed E-state index contributed by atoms with van der Waals surface area (Å²) in [4.78, 5) is 0. The van der Waals surface area contributed by atoms with Crippen molar-refractivity contribution >= 4 is 0 Å². The average molecular weight is 369 g/mol. The first-order chi connectivity index (χ1) is 13.1. The highest BCUT2D eigenvalue weighted by atomic mass is 19.1. The number of halogens is 2. The van der Waals surface area contributed by atoms with Crippen molar-refractivity contribution in [3.05, 3.63) is 59.7 Å². The van der Waals surface area contributed by atoms with Crippen molar-refractivity contribution in [2.45, 2.75) is 64.2 Å². The lowest BCUT2D eigenvalue weighted by atomic mass is 9.63. The fourth-order valence-corrected chi connectivity index (χ4v) is 5.63. The van der Waals surface area contributed by atoms with E-state index >= 15 is 0 Å². The van der Waals surface area contributed by atoms with E-state index < -0.39 is 11.6 Å². The first kappa shape index (κ1) is 18.7. The third-order valence-electron chi connectivity index (χ3n) is 7.00. The van der Waals surface area contributed by atoms with E-state index in [1.807, 2.05) is 12.1 Å². The van der Waals surface area contributed by atoms with Gasteiger partial charge in [-0.2, -0.15) is 0 Å². The van der Waals surface area contributed by atoms with Crippen LogP contribution in [0.2, 0.25) is 0 Å². The Morgan fingerprint density at radius 2 is 1.44 bits per heavy atom. The van der Waals surface area contributed by atoms with Gasteiger partial charge < -0.3 is 0 Å². The Morgan fingerprint density at radius 3 is 2.15 bits per heavy atom. The molecule has 4 rings (SSSR count). The monoisotopic (exact) mass is 368 g/mol. The van der Waals surface area contributed by atoms with Gasteiger partial charge in [0.1, 0.15) is 11.6 Å². The van der Waals surface area contributed by atoms with Gasteiger partial charge in [-0.25, -0.2) is 8.78 Å². The van der Waals surface area contributed by atoms with Gasteiger partial charge in [-0.15, -0.1) is 0 Å². The maximum Gasteiger partial charge on any atom is 0.126 e. The van der Waals surface area contributed by atoms with Crippen LogP contribution in [0, 0.1) is 29.4 Å². The second-order valence-electron chi connectivity index (χ2n) is 8.78. The zero-order valence-corrected chi connectivity index (χ0v) is 16.3. The minimum Gasteiger partial charge on any atom is -0.207 e. The van der Waals surface area contributed by atoms with Crippen LogP contribution in [0.1, 0.15) is 69.8 Å². The molecule has 27 heavy (non-hydrogen) atoms. The predicted octanol–water partition coefficient (Wildman–Crippen LogP) is 7.73. The van der Waals surface area contributed by atoms with Crippen LogP contribution in [0.25, 0.3) is 11.1 Å². The number of fused-ring (bicyclic) bond motifs is 1. The lowest BCUT2D eigenvalue weighted by molar-refractivity contribution is 0.114. The van der Waals surface area contributed by atoms with Gasteiger partial charge in [0.25, 0.3) is 0 Å². The smallest absolute Gasteiger partial charge is 0.126 e. The van der Waals surface area contributed by atoms with Crippen molar-refractivity contribution in [1.29, 1.82) is 0 Å². The Kier molecular flexibility index (Phi) is 5.61. The van der Waals surface area contributed by atoms with Crippen molar-refractivity contribution in [2.75, 3.05) is 0 Å². The molecule has 2 aromatic carbocycles. The number of benzene rings is 2. The molecule has 0 aliphatic heterocycles. The maximum absolute atomic E-state index is 13.5. The second kappa shape index (κ2) is 8.12. The summed E-state index contributed by atoms with van der Waals surface area (Å²) >= 11 is 0. The summed E-state index contributed by atoms with van der Waals surface area (Å²) in [6, 6.07) is 12.1. The lowest BCUT2D eigenvalue weighted by Crippen LogP contribution is -2.30. The zero-order valence-electron chi connectivity index (χ0n) is 16.3. The van der Waals surface area contributed by atoms with Crippen LogP contribution in [0.15, 0.2) is 42.5 Å². The molecule has 2 aromatic rings. The van der Waals surface area contributed by atoms with Crippen LogP contribution in [0.5, 0.6) is 0 Å².